The molecule has 7 nitrogen and oxygen atoms in total. The van der Waals surface area contributed by atoms with Gasteiger partial charge in [-0.1, -0.05) is 27.7 Å². The number of hydrogen-bond acceptors (Lipinski definition) is 6. The summed E-state index contributed by atoms with van der Waals surface area (Å²) < 4.78 is 5.83. The molecule has 0 aliphatic carbocycles. The van der Waals surface area contributed by atoms with Crippen molar-refractivity contribution in [2.75, 3.05) is 4.90 Å². The summed E-state index contributed by atoms with van der Waals surface area (Å²) in [5.74, 6) is -0.182. The van der Waals surface area contributed by atoms with Crippen molar-refractivity contribution in [3.8, 4) is 17.8 Å². The third-order valence-corrected chi connectivity index (χ3v) is 4.72. The van der Waals surface area contributed by atoms with E-state index >= 15 is 0 Å². The van der Waals surface area contributed by atoms with Crippen molar-refractivity contribution in [3.63, 3.8) is 0 Å². The number of imide groups is 1. The average molecular weight is 378 g/mol. The van der Waals surface area contributed by atoms with E-state index in [9.17, 15) is 9.59 Å². The number of carbonyl (C=O) groups is 2. The van der Waals surface area contributed by atoms with Crippen molar-refractivity contribution in [1.29, 1.82) is 5.26 Å². The monoisotopic (exact) mass is 378 g/mol. The van der Waals surface area contributed by atoms with Gasteiger partial charge < -0.3 is 4.74 Å². The first kappa shape index (κ1) is 19.5. The summed E-state index contributed by atoms with van der Waals surface area (Å²) in [5, 5.41) is 9.15. The molecule has 28 heavy (non-hydrogen) atoms. The molecule has 1 atom stereocenters. The highest BCUT2D eigenvalue weighted by Crippen LogP contribution is 2.34. The van der Waals surface area contributed by atoms with Crippen molar-refractivity contribution in [2.24, 2.45) is 5.92 Å². The molecular weight excluding hydrogens is 356 g/mol. The van der Waals surface area contributed by atoms with Crippen LogP contribution in [0.4, 0.5) is 5.69 Å². The molecule has 1 aliphatic heterocycles. The topological polar surface area (TPSA) is 96.2 Å². The zero-order valence-corrected chi connectivity index (χ0v) is 16.4. The number of rotatable bonds is 4. The van der Waals surface area contributed by atoms with E-state index in [0.29, 0.717) is 23.4 Å². The summed E-state index contributed by atoms with van der Waals surface area (Å²) in [6, 6.07) is 7.41. The SMILES string of the molecule is CC[C@H]1CC(=O)N(c2cnc(Oc3ccc(C#N)cc3C(C)(C)C)nc2)C1=O. The predicted molar refractivity (Wildman–Crippen MR) is 103 cm³/mol. The van der Waals surface area contributed by atoms with Crippen LogP contribution in [0.15, 0.2) is 30.6 Å². The van der Waals surface area contributed by atoms with Gasteiger partial charge in [0.15, 0.2) is 0 Å². The first-order valence-electron chi connectivity index (χ1n) is 9.16. The lowest BCUT2D eigenvalue weighted by atomic mass is 9.85. The Kier molecular flexibility index (Phi) is 5.14. The van der Waals surface area contributed by atoms with Gasteiger partial charge in [0.1, 0.15) is 5.75 Å². The van der Waals surface area contributed by atoms with E-state index in [0.717, 1.165) is 10.5 Å². The van der Waals surface area contributed by atoms with Gasteiger partial charge in [-0.25, -0.2) is 14.9 Å². The summed E-state index contributed by atoms with van der Waals surface area (Å²) in [6.07, 6.45) is 3.67. The quantitative estimate of drug-likeness (QED) is 0.752. The van der Waals surface area contributed by atoms with Crippen LogP contribution in [0.3, 0.4) is 0 Å². The zero-order chi connectivity index (χ0) is 20.5. The van der Waals surface area contributed by atoms with Crippen molar-refractivity contribution in [1.82, 2.24) is 9.97 Å². The molecule has 3 rings (SSSR count). The van der Waals surface area contributed by atoms with Crippen molar-refractivity contribution in [2.45, 2.75) is 46.0 Å². The van der Waals surface area contributed by atoms with Gasteiger partial charge in [0.25, 0.3) is 0 Å². The molecule has 0 N–H and O–H groups in total. The Morgan fingerprint density at radius 2 is 1.93 bits per heavy atom. The average Bonchev–Trinajstić information content (AvgIpc) is 2.95. The second kappa shape index (κ2) is 7.39. The van der Waals surface area contributed by atoms with E-state index in [2.05, 4.69) is 16.0 Å². The molecule has 0 radical (unpaired) electrons. The number of nitrogens with zero attached hydrogens (tertiary/aromatic N) is 4. The summed E-state index contributed by atoms with van der Waals surface area (Å²) in [5.41, 5.74) is 1.50. The first-order valence-corrected chi connectivity index (χ1v) is 9.16. The smallest absolute Gasteiger partial charge is 0.322 e. The van der Waals surface area contributed by atoms with Crippen molar-refractivity contribution < 1.29 is 14.3 Å². The molecule has 1 aromatic heterocycles. The highest BCUT2D eigenvalue weighted by Gasteiger charge is 2.38. The van der Waals surface area contributed by atoms with Gasteiger partial charge in [-0.15, -0.1) is 0 Å². The van der Waals surface area contributed by atoms with E-state index in [1.54, 1.807) is 18.2 Å². The van der Waals surface area contributed by atoms with E-state index in [1.807, 2.05) is 27.7 Å². The van der Waals surface area contributed by atoms with E-state index in [1.165, 1.54) is 12.4 Å². The fourth-order valence-corrected chi connectivity index (χ4v) is 3.14. The Labute approximate surface area is 164 Å². The molecular formula is C21H22N4O3. The number of aromatic nitrogens is 2. The van der Waals surface area contributed by atoms with E-state index in [4.69, 9.17) is 10.00 Å². The molecule has 1 fully saturated rings. The third kappa shape index (κ3) is 3.72. The fraction of sp³-hybridized carbons (Fsp3) is 0.381. The Balaban J connectivity index is 1.85. The van der Waals surface area contributed by atoms with Crippen LogP contribution in [0.25, 0.3) is 0 Å². The molecule has 1 aromatic carbocycles. The van der Waals surface area contributed by atoms with Crippen LogP contribution in [0.5, 0.6) is 11.8 Å². The van der Waals surface area contributed by atoms with Crippen LogP contribution >= 0.6 is 0 Å². The summed E-state index contributed by atoms with van der Waals surface area (Å²) in [7, 11) is 0. The second-order valence-electron chi connectivity index (χ2n) is 7.78. The van der Waals surface area contributed by atoms with E-state index in [-0.39, 0.29) is 35.6 Å². The summed E-state index contributed by atoms with van der Waals surface area (Å²) in [4.78, 5) is 33.9. The maximum atomic E-state index is 12.3. The highest BCUT2D eigenvalue weighted by molar-refractivity contribution is 6.20. The number of benzene rings is 1. The number of anilines is 1. The summed E-state index contributed by atoms with van der Waals surface area (Å²) in [6.45, 7) is 7.95. The Morgan fingerprint density at radius 1 is 1.25 bits per heavy atom. The maximum Gasteiger partial charge on any atom is 0.322 e. The molecule has 144 valence electrons. The number of carbonyl (C=O) groups excluding carboxylic acids is 2. The molecule has 2 heterocycles. The molecule has 1 aliphatic rings. The van der Waals surface area contributed by atoms with E-state index < -0.39 is 0 Å². The van der Waals surface area contributed by atoms with Gasteiger partial charge in [-0.05, 0) is 30.0 Å². The number of ether oxygens (including phenoxy) is 1. The Hall–Kier alpha value is -3.27. The minimum absolute atomic E-state index is 0.102. The molecule has 0 unspecified atom stereocenters. The minimum Gasteiger partial charge on any atom is -0.424 e. The zero-order valence-electron chi connectivity index (χ0n) is 16.4. The van der Waals surface area contributed by atoms with Crippen LogP contribution in [0, 0.1) is 17.2 Å². The number of nitriles is 1. The van der Waals surface area contributed by atoms with Crippen LogP contribution in [0.1, 0.15) is 51.7 Å². The molecule has 7 heteroatoms. The molecule has 2 aromatic rings. The van der Waals surface area contributed by atoms with Crippen LogP contribution in [-0.2, 0) is 15.0 Å². The van der Waals surface area contributed by atoms with Crippen LogP contribution in [0.2, 0.25) is 0 Å². The first-order chi connectivity index (χ1) is 13.2. The molecule has 0 bridgehead atoms. The minimum atomic E-state index is -0.281. The standard InChI is InChI=1S/C21H22N4O3/c1-5-14-9-18(26)25(19(14)27)15-11-23-20(24-12-15)28-17-7-6-13(10-22)8-16(17)21(2,3)4/h6-8,11-12,14H,5,9H2,1-4H3/t14-/m0/s1. The van der Waals surface area contributed by atoms with Gasteiger partial charge >= 0.3 is 6.01 Å². The molecule has 0 saturated carbocycles. The highest BCUT2D eigenvalue weighted by atomic mass is 16.5. The molecule has 1 saturated heterocycles. The maximum absolute atomic E-state index is 12.3. The third-order valence-electron chi connectivity index (χ3n) is 4.72. The molecule has 0 spiro atoms. The normalized spacial score (nSPS) is 17.0. The number of hydrogen-bond donors (Lipinski definition) is 0. The summed E-state index contributed by atoms with van der Waals surface area (Å²) >= 11 is 0. The van der Waals surface area contributed by atoms with Crippen LogP contribution < -0.4 is 9.64 Å². The molecule has 2 amide bonds. The fourth-order valence-electron chi connectivity index (χ4n) is 3.14. The van der Waals surface area contributed by atoms with Gasteiger partial charge in [0.2, 0.25) is 11.8 Å². The lowest BCUT2D eigenvalue weighted by Gasteiger charge is -2.22. The van der Waals surface area contributed by atoms with Crippen LogP contribution in [-0.4, -0.2) is 21.8 Å². The lowest BCUT2D eigenvalue weighted by Crippen LogP contribution is -2.30. The Bertz CT molecular complexity index is 955. The van der Waals surface area contributed by atoms with Gasteiger partial charge in [-0.2, -0.15) is 5.26 Å². The largest absolute Gasteiger partial charge is 0.424 e. The Morgan fingerprint density at radius 3 is 2.46 bits per heavy atom. The second-order valence-corrected chi connectivity index (χ2v) is 7.78. The van der Waals surface area contributed by atoms with Gasteiger partial charge in [-0.3, -0.25) is 9.59 Å². The predicted octanol–water partition coefficient (Wildman–Crippen LogP) is 3.73. The lowest BCUT2D eigenvalue weighted by molar-refractivity contribution is -0.122. The van der Waals surface area contributed by atoms with Gasteiger partial charge in [0.05, 0.1) is 29.7 Å². The number of amides is 2. The van der Waals surface area contributed by atoms with Crippen molar-refractivity contribution in [3.05, 3.63) is 41.7 Å². The van der Waals surface area contributed by atoms with Gasteiger partial charge in [0, 0.05) is 17.9 Å². The van der Waals surface area contributed by atoms with Crippen molar-refractivity contribution >= 4 is 17.5 Å².